The van der Waals surface area contributed by atoms with Gasteiger partial charge in [0.2, 0.25) is 0 Å². The lowest BCUT2D eigenvalue weighted by Gasteiger charge is -2.41. The molecule has 0 aromatic carbocycles. The van der Waals surface area contributed by atoms with Gasteiger partial charge in [-0.05, 0) is 6.42 Å². The number of hydrogen-bond donors (Lipinski definition) is 0. The summed E-state index contributed by atoms with van der Waals surface area (Å²) in [5.74, 6) is 0. The van der Waals surface area contributed by atoms with Crippen LogP contribution in [0.1, 0.15) is 58.3 Å². The van der Waals surface area contributed by atoms with Gasteiger partial charge in [-0.1, -0.05) is 51.9 Å². The molecule has 2 aliphatic rings. The summed E-state index contributed by atoms with van der Waals surface area (Å²) < 4.78 is 33.4. The Morgan fingerprint density at radius 1 is 0.750 bits per heavy atom. The summed E-state index contributed by atoms with van der Waals surface area (Å²) in [7, 11) is -0.803. The van der Waals surface area contributed by atoms with Gasteiger partial charge in [-0.2, -0.15) is 0 Å². The van der Waals surface area contributed by atoms with Gasteiger partial charge in [-0.25, -0.2) is 0 Å². The fraction of sp³-hybridized carbons (Fsp3) is 1.00. The molecule has 0 aromatic rings. The first-order valence-corrected chi connectivity index (χ1v) is 11.3. The van der Waals surface area contributed by atoms with Crippen molar-refractivity contribution in [3.05, 3.63) is 0 Å². The van der Waals surface area contributed by atoms with Crippen molar-refractivity contribution in [1.29, 1.82) is 0 Å². The standard InChI is InChI=1S/C16H32O6P2/c1-3-4-5-6-7-8-9-10-11-18-24-21-14-16(15-22-24)12-19-23(17-2)20-13-16/h3-15H2,1-2H3. The molecule has 0 bridgehead atoms. The van der Waals surface area contributed by atoms with E-state index in [4.69, 9.17) is 27.1 Å². The van der Waals surface area contributed by atoms with E-state index in [9.17, 15) is 0 Å². The van der Waals surface area contributed by atoms with Gasteiger partial charge >= 0.3 is 17.2 Å². The molecule has 6 nitrogen and oxygen atoms in total. The van der Waals surface area contributed by atoms with Gasteiger partial charge in [0.1, 0.15) is 0 Å². The summed E-state index contributed by atoms with van der Waals surface area (Å²) in [6, 6.07) is 0. The van der Waals surface area contributed by atoms with Crippen LogP contribution in [-0.4, -0.2) is 40.1 Å². The molecule has 2 rings (SSSR count). The van der Waals surface area contributed by atoms with Gasteiger partial charge in [0.15, 0.2) is 0 Å². The van der Waals surface area contributed by atoms with E-state index >= 15 is 0 Å². The second-order valence-electron chi connectivity index (χ2n) is 6.53. The molecule has 0 N–H and O–H groups in total. The largest absolute Gasteiger partial charge is 0.332 e. The van der Waals surface area contributed by atoms with Crippen LogP contribution >= 0.6 is 17.2 Å². The van der Waals surface area contributed by atoms with E-state index in [2.05, 4.69) is 6.92 Å². The van der Waals surface area contributed by atoms with E-state index in [1.54, 1.807) is 7.11 Å². The molecule has 0 amide bonds. The van der Waals surface area contributed by atoms with E-state index in [1.165, 1.54) is 44.9 Å². The van der Waals surface area contributed by atoms with Gasteiger partial charge in [-0.15, -0.1) is 0 Å². The van der Waals surface area contributed by atoms with Gasteiger partial charge in [0, 0.05) is 7.11 Å². The topological polar surface area (TPSA) is 55.4 Å². The molecule has 2 aliphatic heterocycles. The predicted molar refractivity (Wildman–Crippen MR) is 95.7 cm³/mol. The maximum atomic E-state index is 5.74. The fourth-order valence-electron chi connectivity index (χ4n) is 2.64. The summed E-state index contributed by atoms with van der Waals surface area (Å²) >= 11 is 0. The van der Waals surface area contributed by atoms with Crippen molar-refractivity contribution in [1.82, 2.24) is 0 Å². The zero-order valence-corrected chi connectivity index (χ0v) is 16.8. The van der Waals surface area contributed by atoms with Gasteiger partial charge in [-0.3, -0.25) is 0 Å². The highest BCUT2D eigenvalue weighted by Crippen LogP contribution is 2.52. The predicted octanol–water partition coefficient (Wildman–Crippen LogP) is 5.32. The van der Waals surface area contributed by atoms with Crippen LogP contribution in [-0.2, 0) is 27.1 Å². The Balaban J connectivity index is 1.45. The van der Waals surface area contributed by atoms with Gasteiger partial charge in [0.05, 0.1) is 38.4 Å². The molecular formula is C16H32O6P2. The Labute approximate surface area is 148 Å². The average Bonchev–Trinajstić information content (AvgIpc) is 2.63. The third kappa shape index (κ3) is 7.47. The molecule has 142 valence electrons. The summed E-state index contributed by atoms with van der Waals surface area (Å²) in [6.45, 7) is 5.19. The fourth-order valence-corrected chi connectivity index (χ4v) is 4.94. The monoisotopic (exact) mass is 382 g/mol. The lowest BCUT2D eigenvalue weighted by atomic mass is 9.93. The molecule has 0 atom stereocenters. The Bertz CT molecular complexity index is 316. The van der Waals surface area contributed by atoms with Crippen LogP contribution in [0.5, 0.6) is 0 Å². The van der Waals surface area contributed by atoms with Crippen LogP contribution in [0.2, 0.25) is 0 Å². The molecule has 0 aromatic heterocycles. The van der Waals surface area contributed by atoms with Gasteiger partial charge < -0.3 is 27.1 Å². The first kappa shape index (κ1) is 20.9. The molecule has 2 fully saturated rings. The second kappa shape index (κ2) is 12.1. The molecular weight excluding hydrogens is 350 g/mol. The average molecular weight is 382 g/mol. The molecule has 2 saturated heterocycles. The third-order valence-electron chi connectivity index (χ3n) is 4.25. The Morgan fingerprint density at radius 2 is 1.25 bits per heavy atom. The first-order valence-electron chi connectivity index (χ1n) is 9.07. The Hall–Kier alpha value is 0.620. The summed E-state index contributed by atoms with van der Waals surface area (Å²) in [5.41, 5.74) is -0.210. The highest BCUT2D eigenvalue weighted by Gasteiger charge is 2.43. The van der Waals surface area contributed by atoms with Crippen molar-refractivity contribution >= 4 is 17.2 Å². The lowest BCUT2D eigenvalue weighted by molar-refractivity contribution is -0.0745. The molecule has 0 saturated carbocycles. The van der Waals surface area contributed by atoms with E-state index in [-0.39, 0.29) is 5.41 Å². The van der Waals surface area contributed by atoms with Crippen molar-refractivity contribution in [2.45, 2.75) is 58.3 Å². The molecule has 0 radical (unpaired) electrons. The minimum absolute atomic E-state index is 0.210. The van der Waals surface area contributed by atoms with Crippen LogP contribution < -0.4 is 0 Å². The Morgan fingerprint density at radius 3 is 1.79 bits per heavy atom. The van der Waals surface area contributed by atoms with Crippen LogP contribution in [0.4, 0.5) is 0 Å². The Kier molecular flexibility index (Phi) is 10.5. The lowest BCUT2D eigenvalue weighted by Crippen LogP contribution is -2.44. The van der Waals surface area contributed by atoms with Gasteiger partial charge in [0.25, 0.3) is 0 Å². The molecule has 1 spiro atoms. The maximum Gasteiger partial charge on any atom is 0.332 e. The summed E-state index contributed by atoms with van der Waals surface area (Å²) in [5, 5.41) is 0. The molecule has 8 heteroatoms. The molecule has 2 heterocycles. The molecule has 0 aliphatic carbocycles. The highest BCUT2D eigenvalue weighted by atomic mass is 31.2. The van der Waals surface area contributed by atoms with Crippen molar-refractivity contribution in [3.63, 3.8) is 0 Å². The quantitative estimate of drug-likeness (QED) is 0.356. The zero-order valence-electron chi connectivity index (χ0n) is 15.0. The maximum absolute atomic E-state index is 5.74. The van der Waals surface area contributed by atoms with Crippen LogP contribution in [0, 0.1) is 5.41 Å². The third-order valence-corrected chi connectivity index (χ3v) is 6.30. The minimum Gasteiger partial charge on any atom is -0.316 e. The smallest absolute Gasteiger partial charge is 0.316 e. The van der Waals surface area contributed by atoms with Crippen LogP contribution in [0.25, 0.3) is 0 Å². The normalized spacial score (nSPS) is 30.8. The van der Waals surface area contributed by atoms with Crippen LogP contribution in [0.3, 0.4) is 0 Å². The highest BCUT2D eigenvalue weighted by molar-refractivity contribution is 7.42. The minimum atomic E-state index is -1.21. The number of unbranched alkanes of at least 4 members (excludes halogenated alkanes) is 7. The van der Waals surface area contributed by atoms with E-state index < -0.39 is 17.2 Å². The molecule has 24 heavy (non-hydrogen) atoms. The van der Waals surface area contributed by atoms with Crippen molar-refractivity contribution in [2.75, 3.05) is 40.1 Å². The SMILES string of the molecule is CCCCCCCCCCOP1OCC2(COP(OC)OC2)CO1. The van der Waals surface area contributed by atoms with E-state index in [0.717, 1.165) is 13.0 Å². The second-order valence-corrected chi connectivity index (χ2v) is 9.08. The summed E-state index contributed by atoms with van der Waals surface area (Å²) in [4.78, 5) is 0. The summed E-state index contributed by atoms with van der Waals surface area (Å²) in [6.07, 6.45) is 10.4. The number of rotatable bonds is 11. The van der Waals surface area contributed by atoms with Crippen LogP contribution in [0.15, 0.2) is 0 Å². The van der Waals surface area contributed by atoms with Crippen molar-refractivity contribution < 1.29 is 27.1 Å². The molecule has 0 unspecified atom stereocenters. The first-order chi connectivity index (χ1) is 11.8. The van der Waals surface area contributed by atoms with Crippen molar-refractivity contribution in [2.24, 2.45) is 5.41 Å². The number of hydrogen-bond acceptors (Lipinski definition) is 6. The van der Waals surface area contributed by atoms with E-state index in [0.29, 0.717) is 26.4 Å². The van der Waals surface area contributed by atoms with E-state index in [1.807, 2.05) is 0 Å². The van der Waals surface area contributed by atoms with Crippen molar-refractivity contribution in [3.8, 4) is 0 Å². The zero-order chi connectivity index (χ0) is 17.1.